The van der Waals surface area contributed by atoms with E-state index in [-0.39, 0.29) is 16.9 Å². The summed E-state index contributed by atoms with van der Waals surface area (Å²) in [7, 11) is 0. The van der Waals surface area contributed by atoms with E-state index >= 15 is 0 Å². The van der Waals surface area contributed by atoms with Crippen molar-refractivity contribution in [3.05, 3.63) is 57.2 Å². The Balaban J connectivity index is 2.37. The standard InChI is InChI=1S/C13H7NO5/c15-9-6-8-10(13(17)19-9)11(16)14-12(18-8)7-4-2-1-3-5-7/h1-6,17H. The van der Waals surface area contributed by atoms with E-state index in [9.17, 15) is 14.7 Å². The van der Waals surface area contributed by atoms with Gasteiger partial charge in [0.15, 0.2) is 11.0 Å². The summed E-state index contributed by atoms with van der Waals surface area (Å²) < 4.78 is 9.78. The van der Waals surface area contributed by atoms with E-state index in [2.05, 4.69) is 9.40 Å². The minimum atomic E-state index is -0.807. The van der Waals surface area contributed by atoms with Crippen LogP contribution in [0.1, 0.15) is 0 Å². The number of benzene rings is 1. The van der Waals surface area contributed by atoms with Gasteiger partial charge in [0.05, 0.1) is 6.07 Å². The van der Waals surface area contributed by atoms with Crippen molar-refractivity contribution in [1.29, 1.82) is 0 Å². The summed E-state index contributed by atoms with van der Waals surface area (Å²) in [6, 6.07) is 9.74. The van der Waals surface area contributed by atoms with Gasteiger partial charge in [-0.05, 0) is 12.1 Å². The van der Waals surface area contributed by atoms with Gasteiger partial charge >= 0.3 is 11.6 Å². The Hall–Kier alpha value is -2.89. The predicted octanol–water partition coefficient (Wildman–Crippen LogP) is 1.51. The van der Waals surface area contributed by atoms with Crippen LogP contribution in [-0.4, -0.2) is 10.1 Å². The Morgan fingerprint density at radius 3 is 2.53 bits per heavy atom. The van der Waals surface area contributed by atoms with Gasteiger partial charge in [0.1, 0.15) is 0 Å². The summed E-state index contributed by atoms with van der Waals surface area (Å²) in [6.07, 6.45) is 0. The number of rotatable bonds is 1. The molecule has 3 rings (SSSR count). The third-order valence-electron chi connectivity index (χ3n) is 2.55. The fourth-order valence-corrected chi connectivity index (χ4v) is 1.72. The number of hydrogen-bond donors (Lipinski definition) is 1. The Kier molecular flexibility index (Phi) is 2.42. The lowest BCUT2D eigenvalue weighted by atomic mass is 10.2. The quantitative estimate of drug-likeness (QED) is 0.710. The van der Waals surface area contributed by atoms with Crippen molar-refractivity contribution in [2.45, 2.75) is 0 Å². The maximum Gasteiger partial charge on any atom is 0.342 e. The number of hydrogen-bond acceptors (Lipinski definition) is 6. The van der Waals surface area contributed by atoms with Crippen LogP contribution in [0.5, 0.6) is 5.95 Å². The lowest BCUT2D eigenvalue weighted by molar-refractivity contribution is 0.315. The molecule has 6 nitrogen and oxygen atoms in total. The SMILES string of the molecule is O=c1cc2oc(-c3ccccc3)nc(=O)c2c(O)o1. The van der Waals surface area contributed by atoms with E-state index in [4.69, 9.17) is 4.42 Å². The van der Waals surface area contributed by atoms with Crippen LogP contribution in [0.15, 0.2) is 54.8 Å². The van der Waals surface area contributed by atoms with Crippen LogP contribution in [0.25, 0.3) is 22.4 Å². The molecule has 0 bridgehead atoms. The van der Waals surface area contributed by atoms with Crippen LogP contribution in [0.4, 0.5) is 0 Å². The summed E-state index contributed by atoms with van der Waals surface area (Å²) in [5, 5.41) is 9.18. The van der Waals surface area contributed by atoms with E-state index in [0.717, 1.165) is 6.07 Å². The smallest absolute Gasteiger partial charge is 0.342 e. The lowest BCUT2D eigenvalue weighted by Crippen LogP contribution is -2.09. The highest BCUT2D eigenvalue weighted by Gasteiger charge is 2.14. The van der Waals surface area contributed by atoms with Gasteiger partial charge in [0.2, 0.25) is 5.89 Å². The summed E-state index contributed by atoms with van der Waals surface area (Å²) >= 11 is 0. The van der Waals surface area contributed by atoms with Gasteiger partial charge in [0, 0.05) is 5.56 Å². The summed E-state index contributed by atoms with van der Waals surface area (Å²) in [4.78, 5) is 26.7. The molecule has 0 saturated heterocycles. The molecular formula is C13H7NO5. The zero-order valence-electron chi connectivity index (χ0n) is 9.49. The topological polar surface area (TPSA) is 93.5 Å². The first kappa shape index (κ1) is 11.2. The van der Waals surface area contributed by atoms with Crippen LogP contribution < -0.4 is 11.2 Å². The molecule has 0 atom stereocenters. The van der Waals surface area contributed by atoms with E-state index in [1.165, 1.54) is 0 Å². The average Bonchev–Trinajstić information content (AvgIpc) is 2.38. The Labute approximate surface area is 105 Å². The molecule has 0 aliphatic rings. The molecule has 0 saturated carbocycles. The number of fused-ring (bicyclic) bond motifs is 1. The van der Waals surface area contributed by atoms with Crippen LogP contribution in [0.2, 0.25) is 0 Å². The van der Waals surface area contributed by atoms with Gasteiger partial charge in [-0.1, -0.05) is 18.2 Å². The molecule has 0 aliphatic carbocycles. The molecule has 0 spiro atoms. The van der Waals surface area contributed by atoms with Crippen LogP contribution in [0, 0.1) is 0 Å². The highest BCUT2D eigenvalue weighted by atomic mass is 16.5. The second kappa shape index (κ2) is 4.09. The second-order valence-corrected chi connectivity index (χ2v) is 3.80. The Morgan fingerprint density at radius 2 is 1.79 bits per heavy atom. The van der Waals surface area contributed by atoms with Crippen molar-refractivity contribution in [3.8, 4) is 17.4 Å². The second-order valence-electron chi connectivity index (χ2n) is 3.80. The number of aromatic nitrogens is 1. The lowest BCUT2D eigenvalue weighted by Gasteiger charge is -2.01. The predicted molar refractivity (Wildman–Crippen MR) is 65.9 cm³/mol. The maximum atomic E-state index is 11.8. The minimum absolute atomic E-state index is 0.0624. The molecule has 1 aromatic carbocycles. The van der Waals surface area contributed by atoms with Crippen LogP contribution in [0.3, 0.4) is 0 Å². The first-order valence-corrected chi connectivity index (χ1v) is 5.38. The summed E-state index contributed by atoms with van der Waals surface area (Å²) in [6.45, 7) is 0. The van der Waals surface area contributed by atoms with Gasteiger partial charge in [-0.25, -0.2) is 4.79 Å². The fraction of sp³-hybridized carbons (Fsp3) is 0. The number of aromatic hydroxyl groups is 1. The first-order chi connectivity index (χ1) is 9.15. The van der Waals surface area contributed by atoms with Gasteiger partial charge in [0.25, 0.3) is 5.56 Å². The van der Waals surface area contributed by atoms with Gasteiger partial charge in [-0.15, -0.1) is 0 Å². The van der Waals surface area contributed by atoms with Crippen LogP contribution in [-0.2, 0) is 0 Å². The number of nitrogens with zero attached hydrogens (tertiary/aromatic N) is 1. The highest BCUT2D eigenvalue weighted by molar-refractivity contribution is 5.80. The molecule has 0 amide bonds. The normalized spacial score (nSPS) is 10.7. The molecule has 2 heterocycles. The molecule has 6 heteroatoms. The molecule has 0 fully saturated rings. The summed E-state index contributed by atoms with van der Waals surface area (Å²) in [5.41, 5.74) is -0.999. The van der Waals surface area contributed by atoms with E-state index in [1.807, 2.05) is 6.07 Å². The molecule has 0 unspecified atom stereocenters. The van der Waals surface area contributed by atoms with Crippen molar-refractivity contribution >= 4 is 11.0 Å². The van der Waals surface area contributed by atoms with Crippen molar-refractivity contribution in [1.82, 2.24) is 4.98 Å². The van der Waals surface area contributed by atoms with Crippen molar-refractivity contribution in [2.75, 3.05) is 0 Å². The van der Waals surface area contributed by atoms with Gasteiger partial charge in [-0.3, -0.25) is 4.79 Å². The Morgan fingerprint density at radius 1 is 1.05 bits per heavy atom. The zero-order valence-corrected chi connectivity index (χ0v) is 9.49. The molecular weight excluding hydrogens is 250 g/mol. The van der Waals surface area contributed by atoms with Crippen molar-refractivity contribution in [3.63, 3.8) is 0 Å². The molecule has 3 aromatic rings. The molecule has 2 aromatic heterocycles. The van der Waals surface area contributed by atoms with Crippen molar-refractivity contribution < 1.29 is 13.9 Å². The third kappa shape index (κ3) is 1.89. The molecule has 0 aliphatic heterocycles. The maximum absolute atomic E-state index is 11.8. The zero-order chi connectivity index (χ0) is 13.4. The van der Waals surface area contributed by atoms with E-state index in [0.29, 0.717) is 5.56 Å². The molecule has 19 heavy (non-hydrogen) atoms. The van der Waals surface area contributed by atoms with Crippen LogP contribution >= 0.6 is 0 Å². The third-order valence-corrected chi connectivity index (χ3v) is 2.55. The van der Waals surface area contributed by atoms with E-state index in [1.54, 1.807) is 24.3 Å². The Bertz CT molecular complexity index is 864. The van der Waals surface area contributed by atoms with E-state index < -0.39 is 17.1 Å². The minimum Gasteiger partial charge on any atom is -0.480 e. The van der Waals surface area contributed by atoms with Crippen molar-refractivity contribution in [2.24, 2.45) is 0 Å². The highest BCUT2D eigenvalue weighted by Crippen LogP contribution is 2.22. The molecule has 0 radical (unpaired) electrons. The molecule has 94 valence electrons. The largest absolute Gasteiger partial charge is 0.480 e. The van der Waals surface area contributed by atoms with Gasteiger partial charge < -0.3 is 13.9 Å². The first-order valence-electron chi connectivity index (χ1n) is 5.38. The fourth-order valence-electron chi connectivity index (χ4n) is 1.72. The molecule has 1 N–H and O–H groups in total. The monoisotopic (exact) mass is 257 g/mol. The summed E-state index contributed by atoms with van der Waals surface area (Å²) in [5.74, 6) is -0.716. The average molecular weight is 257 g/mol. The van der Waals surface area contributed by atoms with Gasteiger partial charge in [-0.2, -0.15) is 4.98 Å².